The molecule has 0 N–H and O–H groups in total. The SMILES string of the molecule is Cc1nc(Cl)cc(N2CCOCC2c2ncnn2-c2ccccc2)n1. The van der Waals surface area contributed by atoms with Gasteiger partial charge >= 0.3 is 0 Å². The Kier molecular flexibility index (Phi) is 4.33. The summed E-state index contributed by atoms with van der Waals surface area (Å²) in [5.74, 6) is 2.21. The number of morpholine rings is 1. The van der Waals surface area contributed by atoms with Gasteiger partial charge in [-0.1, -0.05) is 29.8 Å². The van der Waals surface area contributed by atoms with Gasteiger partial charge in [-0.15, -0.1) is 0 Å². The van der Waals surface area contributed by atoms with Gasteiger partial charge in [0.2, 0.25) is 0 Å². The molecule has 0 spiro atoms. The number of nitrogens with zero attached hydrogens (tertiary/aromatic N) is 6. The summed E-state index contributed by atoms with van der Waals surface area (Å²) in [4.78, 5) is 15.3. The van der Waals surface area contributed by atoms with E-state index in [0.717, 1.165) is 17.3 Å². The Balaban J connectivity index is 1.75. The first kappa shape index (κ1) is 16.0. The molecule has 0 radical (unpaired) electrons. The first-order valence-electron chi connectivity index (χ1n) is 8.03. The van der Waals surface area contributed by atoms with E-state index in [2.05, 4.69) is 25.0 Å². The molecule has 3 aromatic rings. The molecule has 1 aliphatic rings. The number of rotatable bonds is 3. The third kappa shape index (κ3) is 3.20. The van der Waals surface area contributed by atoms with Crippen molar-refractivity contribution in [3.8, 4) is 5.69 Å². The lowest BCUT2D eigenvalue weighted by Gasteiger charge is -2.35. The smallest absolute Gasteiger partial charge is 0.157 e. The standard InChI is InChI=1S/C17H17ClN6O/c1-12-21-15(18)9-16(22-12)23-7-8-25-10-14(23)17-19-11-20-24(17)13-5-3-2-4-6-13/h2-6,9,11,14H,7-8,10H2,1H3. The van der Waals surface area contributed by atoms with Gasteiger partial charge in [0.05, 0.1) is 18.9 Å². The Labute approximate surface area is 150 Å². The van der Waals surface area contributed by atoms with Crippen molar-refractivity contribution in [2.45, 2.75) is 13.0 Å². The van der Waals surface area contributed by atoms with Crippen molar-refractivity contribution in [1.82, 2.24) is 24.7 Å². The Bertz CT molecular complexity index is 848. The van der Waals surface area contributed by atoms with Crippen molar-refractivity contribution in [2.24, 2.45) is 0 Å². The lowest BCUT2D eigenvalue weighted by molar-refractivity contribution is 0.0906. The lowest BCUT2D eigenvalue weighted by atomic mass is 10.2. The van der Waals surface area contributed by atoms with Crippen LogP contribution in [-0.2, 0) is 4.74 Å². The summed E-state index contributed by atoms with van der Waals surface area (Å²) in [6.45, 7) is 3.65. The fraction of sp³-hybridized carbons (Fsp3) is 0.294. The van der Waals surface area contributed by atoms with Gasteiger partial charge in [-0.2, -0.15) is 5.10 Å². The zero-order chi connectivity index (χ0) is 17.2. The molecule has 3 heterocycles. The zero-order valence-electron chi connectivity index (χ0n) is 13.7. The number of benzene rings is 1. The number of hydrogen-bond donors (Lipinski definition) is 0. The maximum Gasteiger partial charge on any atom is 0.157 e. The van der Waals surface area contributed by atoms with Crippen LogP contribution < -0.4 is 4.90 Å². The number of ether oxygens (including phenoxy) is 1. The average Bonchev–Trinajstić information content (AvgIpc) is 3.11. The summed E-state index contributed by atoms with van der Waals surface area (Å²) in [6, 6.07) is 11.6. The second kappa shape index (κ2) is 6.78. The number of aromatic nitrogens is 5. The van der Waals surface area contributed by atoms with Gasteiger partial charge in [0.1, 0.15) is 29.2 Å². The van der Waals surface area contributed by atoms with E-state index in [1.807, 2.05) is 41.9 Å². The second-order valence-corrected chi connectivity index (χ2v) is 6.13. The van der Waals surface area contributed by atoms with Crippen LogP contribution in [0.15, 0.2) is 42.7 Å². The summed E-state index contributed by atoms with van der Waals surface area (Å²) in [5, 5.41) is 4.82. The Hall–Kier alpha value is -2.51. The quantitative estimate of drug-likeness (QED) is 0.672. The number of para-hydroxylation sites is 1. The first-order chi connectivity index (χ1) is 12.2. The molecule has 128 valence electrons. The predicted molar refractivity (Wildman–Crippen MR) is 94.0 cm³/mol. The van der Waals surface area contributed by atoms with E-state index in [9.17, 15) is 0 Å². The van der Waals surface area contributed by atoms with Crippen LogP contribution in [0.4, 0.5) is 5.82 Å². The van der Waals surface area contributed by atoms with Crippen molar-refractivity contribution >= 4 is 17.4 Å². The molecule has 0 amide bonds. The van der Waals surface area contributed by atoms with Crippen LogP contribution in [0.5, 0.6) is 0 Å². The third-order valence-electron chi connectivity index (χ3n) is 4.09. The highest BCUT2D eigenvalue weighted by atomic mass is 35.5. The highest BCUT2D eigenvalue weighted by Gasteiger charge is 2.30. The lowest BCUT2D eigenvalue weighted by Crippen LogP contribution is -2.41. The number of aryl methyl sites for hydroxylation is 1. The molecule has 8 heteroatoms. The summed E-state index contributed by atoms with van der Waals surface area (Å²) < 4.78 is 7.55. The first-order valence-corrected chi connectivity index (χ1v) is 8.41. The molecule has 0 saturated carbocycles. The molecule has 25 heavy (non-hydrogen) atoms. The highest BCUT2D eigenvalue weighted by Crippen LogP contribution is 2.29. The minimum Gasteiger partial charge on any atom is -0.377 e. The van der Waals surface area contributed by atoms with Crippen molar-refractivity contribution < 1.29 is 4.74 Å². The van der Waals surface area contributed by atoms with E-state index in [4.69, 9.17) is 16.3 Å². The minimum absolute atomic E-state index is 0.109. The summed E-state index contributed by atoms with van der Waals surface area (Å²) in [5.41, 5.74) is 0.956. The fourth-order valence-electron chi connectivity index (χ4n) is 3.00. The predicted octanol–water partition coefficient (Wildman–Crippen LogP) is 2.60. The monoisotopic (exact) mass is 356 g/mol. The van der Waals surface area contributed by atoms with Crippen LogP contribution in [0.25, 0.3) is 5.69 Å². The molecule has 1 unspecified atom stereocenters. The molecule has 0 aliphatic carbocycles. The minimum atomic E-state index is -0.109. The van der Waals surface area contributed by atoms with Crippen LogP contribution in [-0.4, -0.2) is 44.5 Å². The van der Waals surface area contributed by atoms with E-state index in [1.54, 1.807) is 12.4 Å². The summed E-state index contributed by atoms with van der Waals surface area (Å²) in [6.07, 6.45) is 1.56. The Morgan fingerprint density at radius 3 is 2.84 bits per heavy atom. The van der Waals surface area contributed by atoms with E-state index in [0.29, 0.717) is 30.7 Å². The van der Waals surface area contributed by atoms with Crippen LogP contribution >= 0.6 is 11.6 Å². The van der Waals surface area contributed by atoms with Gasteiger partial charge in [-0.3, -0.25) is 0 Å². The van der Waals surface area contributed by atoms with Crippen molar-refractivity contribution in [1.29, 1.82) is 0 Å². The molecular weight excluding hydrogens is 340 g/mol. The molecule has 1 atom stereocenters. The second-order valence-electron chi connectivity index (χ2n) is 5.75. The van der Waals surface area contributed by atoms with Crippen LogP contribution in [0.1, 0.15) is 17.7 Å². The Morgan fingerprint density at radius 2 is 2.04 bits per heavy atom. The highest BCUT2D eigenvalue weighted by molar-refractivity contribution is 6.29. The number of anilines is 1. The van der Waals surface area contributed by atoms with E-state index in [-0.39, 0.29) is 6.04 Å². The van der Waals surface area contributed by atoms with Gasteiger partial charge < -0.3 is 9.64 Å². The molecule has 2 aromatic heterocycles. The maximum atomic E-state index is 6.13. The van der Waals surface area contributed by atoms with Crippen molar-refractivity contribution in [3.05, 3.63) is 59.5 Å². The molecular formula is C17H17ClN6O. The number of halogens is 1. The third-order valence-corrected chi connectivity index (χ3v) is 4.28. The molecule has 1 fully saturated rings. The van der Waals surface area contributed by atoms with E-state index in [1.165, 1.54) is 0 Å². The molecule has 1 aromatic carbocycles. The molecule has 1 saturated heterocycles. The average molecular weight is 357 g/mol. The van der Waals surface area contributed by atoms with Gasteiger partial charge in [0, 0.05) is 12.6 Å². The van der Waals surface area contributed by atoms with Crippen LogP contribution in [0.3, 0.4) is 0 Å². The normalized spacial score (nSPS) is 17.7. The van der Waals surface area contributed by atoms with E-state index < -0.39 is 0 Å². The molecule has 4 rings (SSSR count). The number of hydrogen-bond acceptors (Lipinski definition) is 6. The van der Waals surface area contributed by atoms with Gasteiger partial charge in [0.15, 0.2) is 5.82 Å². The Morgan fingerprint density at radius 1 is 1.20 bits per heavy atom. The van der Waals surface area contributed by atoms with Crippen LogP contribution in [0, 0.1) is 6.92 Å². The molecule has 1 aliphatic heterocycles. The molecule has 0 bridgehead atoms. The van der Waals surface area contributed by atoms with Gasteiger partial charge in [0.25, 0.3) is 0 Å². The fourth-order valence-corrected chi connectivity index (χ4v) is 3.22. The maximum absolute atomic E-state index is 6.13. The van der Waals surface area contributed by atoms with Crippen molar-refractivity contribution in [3.63, 3.8) is 0 Å². The van der Waals surface area contributed by atoms with Gasteiger partial charge in [-0.05, 0) is 19.1 Å². The van der Waals surface area contributed by atoms with E-state index >= 15 is 0 Å². The summed E-state index contributed by atoms with van der Waals surface area (Å²) in [7, 11) is 0. The largest absolute Gasteiger partial charge is 0.377 e. The van der Waals surface area contributed by atoms with Gasteiger partial charge in [-0.25, -0.2) is 19.6 Å². The topological polar surface area (TPSA) is 69.0 Å². The van der Waals surface area contributed by atoms with Crippen LogP contribution in [0.2, 0.25) is 5.15 Å². The van der Waals surface area contributed by atoms with Crippen molar-refractivity contribution in [2.75, 3.05) is 24.7 Å². The summed E-state index contributed by atoms with van der Waals surface area (Å²) >= 11 is 6.13. The molecule has 7 nitrogen and oxygen atoms in total. The zero-order valence-corrected chi connectivity index (χ0v) is 14.5.